The highest BCUT2D eigenvalue weighted by Crippen LogP contribution is 2.34. The summed E-state index contributed by atoms with van der Waals surface area (Å²) in [5, 5.41) is 6.07. The molecule has 0 saturated carbocycles. The Bertz CT molecular complexity index is 1050. The number of hydrogen-bond donors (Lipinski definition) is 2. The van der Waals surface area contributed by atoms with E-state index in [2.05, 4.69) is 20.6 Å². The van der Waals surface area contributed by atoms with Crippen LogP contribution >= 0.6 is 0 Å². The highest BCUT2D eigenvalue weighted by atomic mass is 16.7. The van der Waals surface area contributed by atoms with Crippen LogP contribution < -0.4 is 20.1 Å². The van der Waals surface area contributed by atoms with Crippen molar-refractivity contribution in [3.63, 3.8) is 0 Å². The maximum absolute atomic E-state index is 12.8. The maximum Gasteiger partial charge on any atom is 0.274 e. The second-order valence-corrected chi connectivity index (χ2v) is 6.63. The molecule has 3 aromatic rings. The number of para-hydroxylation sites is 1. The fraction of sp³-hybridized carbons (Fsp3) is 0.190. The number of aromatic nitrogens is 2. The SMILES string of the molecule is Cc1cc(C(=O)Nc2c(C)cccc2C)nc(Nc2ccc3c(c2)OCO3)n1. The summed E-state index contributed by atoms with van der Waals surface area (Å²) in [4.78, 5) is 21.5. The molecule has 2 aromatic carbocycles. The molecule has 1 aliphatic heterocycles. The molecule has 4 rings (SSSR count). The minimum Gasteiger partial charge on any atom is -0.454 e. The number of benzene rings is 2. The predicted molar refractivity (Wildman–Crippen MR) is 106 cm³/mol. The van der Waals surface area contributed by atoms with Crippen LogP contribution in [0.1, 0.15) is 27.3 Å². The van der Waals surface area contributed by atoms with E-state index in [9.17, 15) is 4.79 Å². The third-order valence-electron chi connectivity index (χ3n) is 4.44. The van der Waals surface area contributed by atoms with Gasteiger partial charge in [-0.25, -0.2) is 9.97 Å². The van der Waals surface area contributed by atoms with E-state index in [1.54, 1.807) is 6.07 Å². The van der Waals surface area contributed by atoms with Crippen molar-refractivity contribution >= 4 is 23.2 Å². The number of carbonyl (C=O) groups excluding carboxylic acids is 1. The first-order chi connectivity index (χ1) is 13.5. The van der Waals surface area contributed by atoms with E-state index in [0.29, 0.717) is 28.8 Å². The number of nitrogens with one attached hydrogen (secondary N) is 2. The molecule has 0 spiro atoms. The Morgan fingerprint density at radius 2 is 1.71 bits per heavy atom. The molecule has 0 saturated heterocycles. The molecule has 7 heteroatoms. The largest absolute Gasteiger partial charge is 0.454 e. The number of ether oxygens (including phenoxy) is 2. The maximum atomic E-state index is 12.8. The third-order valence-corrected chi connectivity index (χ3v) is 4.44. The number of carbonyl (C=O) groups is 1. The van der Waals surface area contributed by atoms with Crippen LogP contribution in [0.4, 0.5) is 17.3 Å². The molecule has 0 fully saturated rings. The summed E-state index contributed by atoms with van der Waals surface area (Å²) in [6.07, 6.45) is 0. The molecule has 1 aromatic heterocycles. The summed E-state index contributed by atoms with van der Waals surface area (Å²) in [6.45, 7) is 5.95. The van der Waals surface area contributed by atoms with E-state index in [1.165, 1.54) is 0 Å². The molecule has 142 valence electrons. The lowest BCUT2D eigenvalue weighted by Gasteiger charge is -2.12. The molecule has 0 aliphatic carbocycles. The summed E-state index contributed by atoms with van der Waals surface area (Å²) in [6, 6.07) is 13.0. The second-order valence-electron chi connectivity index (χ2n) is 6.63. The van der Waals surface area contributed by atoms with Gasteiger partial charge in [-0.15, -0.1) is 0 Å². The van der Waals surface area contributed by atoms with Gasteiger partial charge in [-0.1, -0.05) is 18.2 Å². The van der Waals surface area contributed by atoms with Gasteiger partial charge in [-0.05, 0) is 50.1 Å². The molecule has 1 amide bonds. The average molecular weight is 376 g/mol. The highest BCUT2D eigenvalue weighted by Gasteiger charge is 2.16. The Hall–Kier alpha value is -3.61. The zero-order valence-electron chi connectivity index (χ0n) is 15.9. The van der Waals surface area contributed by atoms with Crippen LogP contribution in [-0.4, -0.2) is 22.7 Å². The van der Waals surface area contributed by atoms with Crippen LogP contribution in [0.5, 0.6) is 11.5 Å². The number of anilines is 3. The highest BCUT2D eigenvalue weighted by molar-refractivity contribution is 6.04. The minimum atomic E-state index is -0.281. The lowest BCUT2D eigenvalue weighted by molar-refractivity contribution is 0.102. The Labute approximate surface area is 162 Å². The van der Waals surface area contributed by atoms with Crippen LogP contribution in [0, 0.1) is 20.8 Å². The van der Waals surface area contributed by atoms with Gasteiger partial charge < -0.3 is 20.1 Å². The predicted octanol–water partition coefficient (Wildman–Crippen LogP) is 4.13. The minimum absolute atomic E-state index is 0.211. The van der Waals surface area contributed by atoms with Gasteiger partial charge in [-0.2, -0.15) is 0 Å². The van der Waals surface area contributed by atoms with Crippen molar-refractivity contribution in [1.29, 1.82) is 0 Å². The number of rotatable bonds is 4. The molecule has 2 N–H and O–H groups in total. The Morgan fingerprint density at radius 3 is 2.50 bits per heavy atom. The summed E-state index contributed by atoms with van der Waals surface area (Å²) in [7, 11) is 0. The summed E-state index contributed by atoms with van der Waals surface area (Å²) >= 11 is 0. The van der Waals surface area contributed by atoms with Crippen molar-refractivity contribution in [2.24, 2.45) is 0 Å². The van der Waals surface area contributed by atoms with Crippen LogP contribution in [0.2, 0.25) is 0 Å². The summed E-state index contributed by atoms with van der Waals surface area (Å²) in [5.74, 6) is 1.41. The molecular weight excluding hydrogens is 356 g/mol. The zero-order valence-corrected chi connectivity index (χ0v) is 15.9. The second kappa shape index (κ2) is 7.19. The van der Waals surface area contributed by atoms with Gasteiger partial charge in [0, 0.05) is 23.1 Å². The van der Waals surface area contributed by atoms with Crippen molar-refractivity contribution < 1.29 is 14.3 Å². The molecule has 2 heterocycles. The summed E-state index contributed by atoms with van der Waals surface area (Å²) in [5.41, 5.74) is 4.52. The van der Waals surface area contributed by atoms with Gasteiger partial charge in [0.2, 0.25) is 12.7 Å². The topological polar surface area (TPSA) is 85.4 Å². The Balaban J connectivity index is 1.57. The smallest absolute Gasteiger partial charge is 0.274 e. The van der Waals surface area contributed by atoms with Crippen molar-refractivity contribution in [2.45, 2.75) is 20.8 Å². The van der Waals surface area contributed by atoms with Crippen LogP contribution in [-0.2, 0) is 0 Å². The molecule has 7 nitrogen and oxygen atoms in total. The lowest BCUT2D eigenvalue weighted by atomic mass is 10.1. The Kier molecular flexibility index (Phi) is 4.57. The van der Waals surface area contributed by atoms with E-state index in [-0.39, 0.29) is 12.7 Å². The molecule has 0 bridgehead atoms. The van der Waals surface area contributed by atoms with Gasteiger partial charge in [-0.3, -0.25) is 4.79 Å². The van der Waals surface area contributed by atoms with Crippen LogP contribution in [0.15, 0.2) is 42.5 Å². The fourth-order valence-corrected chi connectivity index (χ4v) is 3.03. The van der Waals surface area contributed by atoms with Gasteiger partial charge in [0.05, 0.1) is 0 Å². The first-order valence-corrected chi connectivity index (χ1v) is 8.89. The first-order valence-electron chi connectivity index (χ1n) is 8.89. The van der Waals surface area contributed by atoms with Crippen molar-refractivity contribution in [3.8, 4) is 11.5 Å². The fourth-order valence-electron chi connectivity index (χ4n) is 3.03. The van der Waals surface area contributed by atoms with Gasteiger partial charge in [0.1, 0.15) is 5.69 Å². The van der Waals surface area contributed by atoms with Crippen molar-refractivity contribution in [3.05, 3.63) is 65.0 Å². The number of hydrogen-bond acceptors (Lipinski definition) is 6. The molecule has 28 heavy (non-hydrogen) atoms. The van der Waals surface area contributed by atoms with Gasteiger partial charge in [0.15, 0.2) is 11.5 Å². The molecule has 1 aliphatic rings. The van der Waals surface area contributed by atoms with E-state index in [4.69, 9.17) is 9.47 Å². The number of amides is 1. The van der Waals surface area contributed by atoms with E-state index in [1.807, 2.05) is 57.2 Å². The Morgan fingerprint density at radius 1 is 0.964 bits per heavy atom. The van der Waals surface area contributed by atoms with Crippen LogP contribution in [0.3, 0.4) is 0 Å². The molecule has 0 radical (unpaired) electrons. The normalized spacial score (nSPS) is 12.0. The molecule has 0 atom stereocenters. The van der Waals surface area contributed by atoms with Crippen LogP contribution in [0.25, 0.3) is 0 Å². The van der Waals surface area contributed by atoms with E-state index >= 15 is 0 Å². The van der Waals surface area contributed by atoms with E-state index < -0.39 is 0 Å². The number of aryl methyl sites for hydroxylation is 3. The van der Waals surface area contributed by atoms with E-state index in [0.717, 1.165) is 22.5 Å². The quantitative estimate of drug-likeness (QED) is 0.712. The average Bonchev–Trinajstić information content (AvgIpc) is 3.12. The first kappa shape index (κ1) is 17.8. The zero-order chi connectivity index (χ0) is 19.7. The molecular formula is C21H20N4O3. The summed E-state index contributed by atoms with van der Waals surface area (Å²) < 4.78 is 10.7. The molecule has 0 unspecified atom stereocenters. The number of fused-ring (bicyclic) bond motifs is 1. The third kappa shape index (κ3) is 3.59. The van der Waals surface area contributed by atoms with Gasteiger partial charge in [0.25, 0.3) is 5.91 Å². The number of nitrogens with zero attached hydrogens (tertiary/aromatic N) is 2. The monoisotopic (exact) mass is 376 g/mol. The lowest BCUT2D eigenvalue weighted by Crippen LogP contribution is -2.17. The van der Waals surface area contributed by atoms with Crippen molar-refractivity contribution in [1.82, 2.24) is 9.97 Å². The van der Waals surface area contributed by atoms with Crippen molar-refractivity contribution in [2.75, 3.05) is 17.4 Å². The van der Waals surface area contributed by atoms with Gasteiger partial charge >= 0.3 is 0 Å². The standard InChI is InChI=1S/C21H20N4O3/c1-12-5-4-6-13(2)19(12)25-20(26)16-9-14(3)22-21(24-16)23-15-7-8-17-18(10-15)28-11-27-17/h4-10H,11H2,1-3H3,(H,25,26)(H,22,23,24).